The van der Waals surface area contributed by atoms with Crippen LogP contribution in [0, 0.1) is 5.92 Å². The minimum absolute atomic E-state index is 0. The maximum atomic E-state index is 10.6. The van der Waals surface area contributed by atoms with Crippen LogP contribution in [-0.2, 0) is 11.8 Å². The maximum absolute atomic E-state index is 10.6. The second kappa shape index (κ2) is 5.38. The molecule has 1 saturated heterocycles. The lowest BCUT2D eigenvalue weighted by Gasteiger charge is -2.56. The molecule has 1 fully saturated rings. The fourth-order valence-corrected chi connectivity index (χ4v) is 5.50. The fraction of sp³-hybridized carbons (Fsp3) is 0.579. The van der Waals surface area contributed by atoms with Crippen molar-refractivity contribution in [2.45, 2.75) is 43.4 Å². The third-order valence-corrected chi connectivity index (χ3v) is 6.43. The third-order valence-electron chi connectivity index (χ3n) is 6.43. The fourth-order valence-electron chi connectivity index (χ4n) is 5.50. The predicted octanol–water partition coefficient (Wildman–Crippen LogP) is 2.31. The summed E-state index contributed by atoms with van der Waals surface area (Å²) < 4.78 is 12.2. The molecule has 2 aliphatic heterocycles. The van der Waals surface area contributed by atoms with Crippen LogP contribution in [0.25, 0.3) is 0 Å². The number of likely N-dealkylation sites (tertiary alicyclic amines) is 1. The van der Waals surface area contributed by atoms with Gasteiger partial charge in [0.2, 0.25) is 0 Å². The summed E-state index contributed by atoms with van der Waals surface area (Å²) in [5.74, 6) is 2.14. The minimum Gasteiger partial charge on any atom is -0.490 e. The molecule has 1 N–H and O–H groups in total. The first-order valence-corrected chi connectivity index (χ1v) is 8.69. The van der Waals surface area contributed by atoms with E-state index in [1.165, 1.54) is 11.1 Å². The molecule has 0 unspecified atom stereocenters. The van der Waals surface area contributed by atoms with Crippen molar-refractivity contribution in [3.8, 4) is 11.5 Å². The van der Waals surface area contributed by atoms with Gasteiger partial charge in [-0.05, 0) is 45.0 Å². The van der Waals surface area contributed by atoms with E-state index in [4.69, 9.17) is 9.47 Å². The van der Waals surface area contributed by atoms with Crippen molar-refractivity contribution in [1.82, 2.24) is 4.90 Å². The number of halogens is 1. The molecule has 5 rings (SSSR count). The van der Waals surface area contributed by atoms with Gasteiger partial charge in [0.15, 0.2) is 11.5 Å². The predicted molar refractivity (Wildman–Crippen MR) is 94.3 cm³/mol. The smallest absolute Gasteiger partial charge is 0.165 e. The summed E-state index contributed by atoms with van der Waals surface area (Å²) in [6.45, 7) is 3.68. The van der Waals surface area contributed by atoms with Crippen molar-refractivity contribution >= 4 is 12.4 Å². The van der Waals surface area contributed by atoms with Gasteiger partial charge in [-0.1, -0.05) is 18.2 Å². The Morgan fingerprint density at radius 1 is 1.38 bits per heavy atom. The summed E-state index contributed by atoms with van der Waals surface area (Å²) in [6.07, 6.45) is 5.56. The van der Waals surface area contributed by atoms with Gasteiger partial charge in [-0.15, -0.1) is 12.4 Å². The normalized spacial score (nSPS) is 38.1. The van der Waals surface area contributed by atoms with E-state index in [0.717, 1.165) is 30.9 Å². The van der Waals surface area contributed by atoms with Gasteiger partial charge in [0.25, 0.3) is 0 Å². The van der Waals surface area contributed by atoms with Gasteiger partial charge >= 0.3 is 0 Å². The lowest BCUT2D eigenvalue weighted by Crippen LogP contribution is -2.64. The summed E-state index contributed by atoms with van der Waals surface area (Å²) in [5, 5.41) is 10.6. The van der Waals surface area contributed by atoms with Crippen LogP contribution >= 0.6 is 12.4 Å². The number of benzene rings is 1. The van der Waals surface area contributed by atoms with E-state index in [9.17, 15) is 5.11 Å². The van der Waals surface area contributed by atoms with Crippen molar-refractivity contribution < 1.29 is 14.6 Å². The van der Waals surface area contributed by atoms with E-state index in [2.05, 4.69) is 24.1 Å². The zero-order valence-corrected chi connectivity index (χ0v) is 14.9. The van der Waals surface area contributed by atoms with E-state index in [1.807, 2.05) is 19.1 Å². The highest BCUT2D eigenvalue weighted by Crippen LogP contribution is 2.62. The van der Waals surface area contributed by atoms with Crippen molar-refractivity contribution in [2.24, 2.45) is 5.92 Å². The molecule has 1 aromatic rings. The van der Waals surface area contributed by atoms with E-state index >= 15 is 0 Å². The quantitative estimate of drug-likeness (QED) is 0.832. The Morgan fingerprint density at radius 2 is 2.21 bits per heavy atom. The molecule has 5 atom stereocenters. The Hall–Kier alpha value is -1.23. The Morgan fingerprint density at radius 3 is 3.00 bits per heavy atom. The van der Waals surface area contributed by atoms with Crippen LogP contribution in [0.5, 0.6) is 11.5 Å². The minimum atomic E-state index is -0.539. The molecule has 5 heteroatoms. The van der Waals surface area contributed by atoms with Crippen LogP contribution in [0.4, 0.5) is 0 Å². The molecule has 2 aliphatic carbocycles. The summed E-state index contributed by atoms with van der Waals surface area (Å²) in [5.41, 5.74) is 2.62. The van der Waals surface area contributed by atoms with Crippen LogP contribution in [0.3, 0.4) is 0 Å². The van der Waals surface area contributed by atoms with Crippen LogP contribution < -0.4 is 9.47 Å². The van der Waals surface area contributed by atoms with Crippen molar-refractivity contribution in [3.05, 3.63) is 35.4 Å². The summed E-state index contributed by atoms with van der Waals surface area (Å²) in [4.78, 5) is 2.48. The van der Waals surface area contributed by atoms with Crippen LogP contribution in [-0.4, -0.2) is 48.5 Å². The van der Waals surface area contributed by atoms with E-state index < -0.39 is 6.10 Å². The Balaban J connectivity index is 0.00000146. The molecule has 24 heavy (non-hydrogen) atoms. The SMILES string of the molecule is CCOc1ccc2c3c1O[C@H]1[C@@H](O)C=C[C@H]4[C@@H](C2)N(C)CC[C@@]341.Cl. The average molecular weight is 350 g/mol. The molecule has 130 valence electrons. The molecule has 4 aliphatic rings. The average Bonchev–Trinajstić information content (AvgIpc) is 2.90. The molecule has 4 nitrogen and oxygen atoms in total. The molecular formula is C19H24ClNO3. The number of aliphatic hydroxyl groups is 1. The number of likely N-dealkylation sites (N-methyl/N-ethyl adjacent to an activating group) is 1. The molecular weight excluding hydrogens is 326 g/mol. The van der Waals surface area contributed by atoms with Gasteiger partial charge < -0.3 is 19.5 Å². The highest BCUT2D eigenvalue weighted by Gasteiger charge is 2.64. The summed E-state index contributed by atoms with van der Waals surface area (Å²) >= 11 is 0. The first-order chi connectivity index (χ1) is 11.2. The summed E-state index contributed by atoms with van der Waals surface area (Å²) in [6, 6.07) is 4.75. The molecule has 2 bridgehead atoms. The van der Waals surface area contributed by atoms with E-state index in [-0.39, 0.29) is 23.9 Å². The lowest BCUT2D eigenvalue weighted by molar-refractivity contribution is -0.0453. The van der Waals surface area contributed by atoms with Crippen molar-refractivity contribution in [2.75, 3.05) is 20.2 Å². The van der Waals surface area contributed by atoms with Gasteiger partial charge in [0, 0.05) is 22.9 Å². The van der Waals surface area contributed by atoms with Crippen LogP contribution in [0.2, 0.25) is 0 Å². The molecule has 1 aromatic carbocycles. The number of hydrogen-bond acceptors (Lipinski definition) is 4. The van der Waals surface area contributed by atoms with Gasteiger partial charge in [-0.3, -0.25) is 0 Å². The molecule has 0 radical (unpaired) electrons. The number of rotatable bonds is 2. The van der Waals surface area contributed by atoms with Crippen LogP contribution in [0.1, 0.15) is 24.5 Å². The summed E-state index contributed by atoms with van der Waals surface area (Å²) in [7, 11) is 2.22. The highest BCUT2D eigenvalue weighted by molar-refractivity contribution is 5.85. The van der Waals surface area contributed by atoms with Gasteiger partial charge in [0.05, 0.1) is 6.61 Å². The number of piperidine rings is 1. The van der Waals surface area contributed by atoms with Crippen LogP contribution in [0.15, 0.2) is 24.3 Å². The second-order valence-electron chi connectivity index (χ2n) is 7.34. The first kappa shape index (κ1) is 16.2. The standard InChI is InChI=1S/C19H23NO3.ClH/c1-3-22-15-7-4-11-10-13-12-5-6-14(21)18-19(12,8-9-20(13)2)16(11)17(15)23-18;/h4-7,12-14,18,21H,3,8-10H2,1-2H3;1H/t12-,13+,14-,18-,19-;/m0./s1. The number of ether oxygens (including phenoxy) is 2. The first-order valence-electron chi connectivity index (χ1n) is 8.69. The Bertz CT molecular complexity index is 706. The monoisotopic (exact) mass is 349 g/mol. The number of nitrogens with zero attached hydrogens (tertiary/aromatic N) is 1. The Kier molecular flexibility index (Phi) is 3.64. The molecule has 1 spiro atoms. The number of hydrogen-bond donors (Lipinski definition) is 1. The third kappa shape index (κ3) is 1.77. The molecule has 0 amide bonds. The molecule has 2 heterocycles. The van der Waals surface area contributed by atoms with Gasteiger partial charge in [-0.2, -0.15) is 0 Å². The van der Waals surface area contributed by atoms with E-state index in [0.29, 0.717) is 18.6 Å². The zero-order chi connectivity index (χ0) is 15.8. The highest BCUT2D eigenvalue weighted by atomic mass is 35.5. The topological polar surface area (TPSA) is 41.9 Å². The lowest BCUT2D eigenvalue weighted by atomic mass is 9.53. The van der Waals surface area contributed by atoms with Gasteiger partial charge in [-0.25, -0.2) is 0 Å². The van der Waals surface area contributed by atoms with Crippen molar-refractivity contribution in [3.63, 3.8) is 0 Å². The molecule has 0 saturated carbocycles. The van der Waals surface area contributed by atoms with E-state index in [1.54, 1.807) is 0 Å². The Labute approximate surface area is 148 Å². The van der Waals surface area contributed by atoms with Crippen molar-refractivity contribution in [1.29, 1.82) is 0 Å². The maximum Gasteiger partial charge on any atom is 0.165 e. The van der Waals surface area contributed by atoms with Gasteiger partial charge in [0.1, 0.15) is 12.2 Å². The zero-order valence-electron chi connectivity index (χ0n) is 14.1. The molecule has 0 aromatic heterocycles. The second-order valence-corrected chi connectivity index (χ2v) is 7.34. The number of aliphatic hydroxyl groups excluding tert-OH is 1. The largest absolute Gasteiger partial charge is 0.490 e.